The lowest BCUT2D eigenvalue weighted by molar-refractivity contribution is 0.0320. The Balaban J connectivity index is 1.84. The van der Waals surface area contributed by atoms with Gasteiger partial charge in [0.05, 0.1) is 13.2 Å². The molecule has 1 aliphatic heterocycles. The number of anilines is 2. The summed E-state index contributed by atoms with van der Waals surface area (Å²) >= 11 is 0. The fraction of sp³-hybridized carbons (Fsp3) is 0.615. The molecule has 0 aliphatic carbocycles. The molecule has 1 aromatic rings. The van der Waals surface area contributed by atoms with Crippen LogP contribution in [-0.2, 0) is 4.74 Å². The van der Waals surface area contributed by atoms with Gasteiger partial charge in [-0.05, 0) is 0 Å². The average Bonchev–Trinajstić information content (AvgIpc) is 2.39. The minimum atomic E-state index is 0.479. The van der Waals surface area contributed by atoms with Crippen molar-refractivity contribution in [3.05, 3.63) is 12.1 Å². The van der Waals surface area contributed by atoms with Crippen LogP contribution in [0.1, 0.15) is 0 Å². The Morgan fingerprint density at radius 3 is 2.79 bits per heavy atom. The van der Waals surface area contributed by atoms with Gasteiger partial charge >= 0.3 is 0 Å². The highest BCUT2D eigenvalue weighted by Crippen LogP contribution is 2.20. The lowest BCUT2D eigenvalue weighted by Crippen LogP contribution is -2.38. The summed E-state index contributed by atoms with van der Waals surface area (Å²) in [6.07, 6.45) is 0. The zero-order chi connectivity index (χ0) is 13.7. The van der Waals surface area contributed by atoms with E-state index in [-0.39, 0.29) is 0 Å². The van der Waals surface area contributed by atoms with E-state index in [9.17, 15) is 0 Å². The van der Waals surface area contributed by atoms with E-state index < -0.39 is 0 Å². The van der Waals surface area contributed by atoms with Crippen LogP contribution in [-0.4, -0.2) is 63.4 Å². The van der Waals surface area contributed by atoms with Gasteiger partial charge < -0.3 is 20.1 Å². The maximum atomic E-state index is 5.77. The zero-order valence-corrected chi connectivity index (χ0v) is 11.6. The first-order chi connectivity index (χ1) is 9.15. The highest BCUT2D eigenvalue weighted by molar-refractivity contribution is 5.54. The van der Waals surface area contributed by atoms with E-state index in [0.717, 1.165) is 38.5 Å². The van der Waals surface area contributed by atoms with E-state index in [1.807, 2.05) is 31.1 Å². The van der Waals surface area contributed by atoms with Crippen LogP contribution in [0.25, 0.3) is 0 Å². The quantitative estimate of drug-likeness (QED) is 0.834. The fourth-order valence-corrected chi connectivity index (χ4v) is 1.95. The smallest absolute Gasteiger partial charge is 0.217 e. The number of hydrogen-bond acceptors (Lipinski definition) is 6. The second-order valence-corrected chi connectivity index (χ2v) is 4.79. The summed E-state index contributed by atoms with van der Waals surface area (Å²) in [5.74, 6) is 1.06. The van der Waals surface area contributed by atoms with Gasteiger partial charge in [0.25, 0.3) is 0 Å². The molecule has 0 aromatic carbocycles. The van der Waals surface area contributed by atoms with E-state index in [2.05, 4.69) is 9.88 Å². The van der Waals surface area contributed by atoms with Gasteiger partial charge in [-0.1, -0.05) is 0 Å². The number of hydrogen-bond donors (Lipinski definition) is 1. The monoisotopic (exact) mass is 266 g/mol. The van der Waals surface area contributed by atoms with Crippen LogP contribution < -0.4 is 15.4 Å². The molecule has 2 rings (SSSR count). The zero-order valence-electron chi connectivity index (χ0n) is 11.6. The largest absolute Gasteiger partial charge is 0.476 e. The lowest BCUT2D eigenvalue weighted by Gasteiger charge is -2.26. The molecule has 0 unspecified atom stereocenters. The fourth-order valence-electron chi connectivity index (χ4n) is 1.95. The molecule has 2 N–H and O–H groups in total. The van der Waals surface area contributed by atoms with Crippen molar-refractivity contribution in [2.45, 2.75) is 0 Å². The molecule has 106 valence electrons. The third-order valence-electron chi connectivity index (χ3n) is 3.08. The molecule has 1 saturated heterocycles. The minimum absolute atomic E-state index is 0.479. The number of aromatic nitrogens is 1. The summed E-state index contributed by atoms with van der Waals surface area (Å²) in [7, 11) is 3.93. The van der Waals surface area contributed by atoms with Gasteiger partial charge in [-0.15, -0.1) is 0 Å². The Bertz CT molecular complexity index is 406. The molecule has 1 aromatic heterocycles. The van der Waals surface area contributed by atoms with Crippen molar-refractivity contribution in [2.75, 3.05) is 64.2 Å². The highest BCUT2D eigenvalue weighted by Gasteiger charge is 2.10. The van der Waals surface area contributed by atoms with Crippen LogP contribution in [0.15, 0.2) is 12.1 Å². The number of ether oxygens (including phenoxy) is 2. The third kappa shape index (κ3) is 4.25. The van der Waals surface area contributed by atoms with Crippen molar-refractivity contribution in [3.8, 4) is 5.88 Å². The number of nitrogens with two attached hydrogens (primary N) is 1. The predicted molar refractivity (Wildman–Crippen MR) is 75.7 cm³/mol. The molecule has 1 aliphatic rings. The van der Waals surface area contributed by atoms with E-state index in [4.69, 9.17) is 15.2 Å². The van der Waals surface area contributed by atoms with Gasteiger partial charge in [0, 0.05) is 51.5 Å². The van der Waals surface area contributed by atoms with Crippen molar-refractivity contribution in [3.63, 3.8) is 0 Å². The molecule has 0 atom stereocenters. The first-order valence-electron chi connectivity index (χ1n) is 6.53. The minimum Gasteiger partial charge on any atom is -0.476 e. The van der Waals surface area contributed by atoms with Crippen molar-refractivity contribution >= 4 is 11.5 Å². The summed E-state index contributed by atoms with van der Waals surface area (Å²) in [6.45, 7) is 5.05. The molecule has 1 fully saturated rings. The average molecular weight is 266 g/mol. The van der Waals surface area contributed by atoms with E-state index >= 15 is 0 Å². The Morgan fingerprint density at radius 2 is 2.11 bits per heavy atom. The summed E-state index contributed by atoms with van der Waals surface area (Å²) in [6, 6.07) is 3.73. The molecular weight excluding hydrogens is 244 g/mol. The Kier molecular flexibility index (Phi) is 4.81. The van der Waals surface area contributed by atoms with Gasteiger partial charge in [0.15, 0.2) is 0 Å². The van der Waals surface area contributed by atoms with Crippen LogP contribution in [0, 0.1) is 0 Å². The number of pyridine rings is 1. The first-order valence-corrected chi connectivity index (χ1v) is 6.53. The van der Waals surface area contributed by atoms with Gasteiger partial charge in [0.2, 0.25) is 5.88 Å². The van der Waals surface area contributed by atoms with Gasteiger partial charge in [-0.3, -0.25) is 4.90 Å². The van der Waals surface area contributed by atoms with E-state index in [1.54, 1.807) is 0 Å². The number of nitrogens with zero attached hydrogens (tertiary/aromatic N) is 3. The Hall–Kier alpha value is -1.53. The van der Waals surface area contributed by atoms with Crippen molar-refractivity contribution < 1.29 is 9.47 Å². The van der Waals surface area contributed by atoms with Gasteiger partial charge in [-0.2, -0.15) is 4.98 Å². The molecular formula is C13H22N4O2. The summed E-state index contributed by atoms with van der Waals surface area (Å²) in [5.41, 5.74) is 6.76. The topological polar surface area (TPSA) is 63.8 Å². The second kappa shape index (κ2) is 6.58. The van der Waals surface area contributed by atoms with E-state index in [1.165, 1.54) is 0 Å². The van der Waals surface area contributed by atoms with Crippen LogP contribution >= 0.6 is 0 Å². The normalized spacial score (nSPS) is 16.3. The van der Waals surface area contributed by atoms with Crippen LogP contribution in [0.3, 0.4) is 0 Å². The lowest BCUT2D eigenvalue weighted by atomic mass is 10.3. The van der Waals surface area contributed by atoms with Crippen molar-refractivity contribution in [1.29, 1.82) is 0 Å². The molecule has 0 bridgehead atoms. The summed E-state index contributed by atoms with van der Waals surface area (Å²) < 4.78 is 11.0. The molecule has 6 nitrogen and oxygen atoms in total. The predicted octanol–water partition coefficient (Wildman–Crippen LogP) is 0.441. The molecule has 6 heteroatoms. The third-order valence-corrected chi connectivity index (χ3v) is 3.08. The molecule has 2 heterocycles. The molecule has 0 amide bonds. The molecule has 0 saturated carbocycles. The summed E-state index contributed by atoms with van der Waals surface area (Å²) in [5, 5.41) is 0. The van der Waals surface area contributed by atoms with Crippen molar-refractivity contribution in [2.24, 2.45) is 0 Å². The Morgan fingerprint density at radius 1 is 1.37 bits per heavy atom. The highest BCUT2D eigenvalue weighted by atomic mass is 16.5. The molecule has 0 spiro atoms. The standard InChI is InChI=1S/C13H22N4O2/c1-16(2)11-9-12(14)15-13(10-11)19-8-5-17-3-6-18-7-4-17/h9-10H,3-8H2,1-2H3,(H2,14,15). The van der Waals surface area contributed by atoms with Gasteiger partial charge in [-0.25, -0.2) is 0 Å². The SMILES string of the molecule is CN(C)c1cc(N)nc(OCCN2CCOCC2)c1. The first kappa shape index (κ1) is 13.9. The van der Waals surface area contributed by atoms with E-state index in [0.29, 0.717) is 18.3 Å². The number of morpholine rings is 1. The molecule has 19 heavy (non-hydrogen) atoms. The van der Waals surface area contributed by atoms with Crippen molar-refractivity contribution in [1.82, 2.24) is 9.88 Å². The number of rotatable bonds is 5. The van der Waals surface area contributed by atoms with Gasteiger partial charge in [0.1, 0.15) is 12.4 Å². The molecule has 0 radical (unpaired) electrons. The van der Waals surface area contributed by atoms with Crippen LogP contribution in [0.2, 0.25) is 0 Å². The maximum absolute atomic E-state index is 5.77. The maximum Gasteiger partial charge on any atom is 0.217 e. The number of nitrogen functional groups attached to an aromatic ring is 1. The Labute approximate surface area is 114 Å². The van der Waals surface area contributed by atoms with Crippen LogP contribution in [0.5, 0.6) is 5.88 Å². The van der Waals surface area contributed by atoms with Crippen LogP contribution in [0.4, 0.5) is 11.5 Å². The summed E-state index contributed by atoms with van der Waals surface area (Å²) in [4.78, 5) is 8.49. The second-order valence-electron chi connectivity index (χ2n) is 4.79.